The lowest BCUT2D eigenvalue weighted by Gasteiger charge is -2.17. The van der Waals surface area contributed by atoms with E-state index in [1.165, 1.54) is 0 Å². The van der Waals surface area contributed by atoms with Gasteiger partial charge in [-0.2, -0.15) is 5.26 Å². The molecule has 1 aromatic rings. The summed E-state index contributed by atoms with van der Waals surface area (Å²) in [6, 6.07) is 9.10. The molecule has 1 rings (SSSR count). The molecule has 0 radical (unpaired) electrons. The van der Waals surface area contributed by atoms with Crippen LogP contribution in [-0.2, 0) is 4.79 Å². The summed E-state index contributed by atoms with van der Waals surface area (Å²) < 4.78 is 0. The summed E-state index contributed by atoms with van der Waals surface area (Å²) >= 11 is 0. The van der Waals surface area contributed by atoms with E-state index < -0.39 is 0 Å². The highest BCUT2D eigenvalue weighted by Gasteiger charge is 2.11. The van der Waals surface area contributed by atoms with Gasteiger partial charge >= 0.3 is 0 Å². The van der Waals surface area contributed by atoms with Gasteiger partial charge in [0.05, 0.1) is 11.6 Å². The zero-order valence-electron chi connectivity index (χ0n) is 10.6. The fraction of sp³-hybridized carbons (Fsp3) is 0.429. The van der Waals surface area contributed by atoms with Crippen LogP contribution in [0.25, 0.3) is 0 Å². The number of benzene rings is 1. The number of amides is 1. The van der Waals surface area contributed by atoms with Crippen molar-refractivity contribution >= 4 is 11.6 Å². The summed E-state index contributed by atoms with van der Waals surface area (Å²) in [7, 11) is 1.77. The molecule has 0 atom stereocenters. The molecular weight excluding hydrogens is 212 g/mol. The van der Waals surface area contributed by atoms with Crippen LogP contribution < -0.4 is 4.90 Å². The molecule has 3 nitrogen and oxygen atoms in total. The highest BCUT2D eigenvalue weighted by atomic mass is 16.2. The fourth-order valence-corrected chi connectivity index (χ4v) is 1.48. The van der Waals surface area contributed by atoms with Gasteiger partial charge in [0.1, 0.15) is 0 Å². The first-order valence-electron chi connectivity index (χ1n) is 5.81. The monoisotopic (exact) mass is 230 g/mol. The van der Waals surface area contributed by atoms with E-state index in [1.807, 2.05) is 0 Å². The largest absolute Gasteiger partial charge is 0.316 e. The van der Waals surface area contributed by atoms with Crippen molar-refractivity contribution in [2.24, 2.45) is 5.92 Å². The Morgan fingerprint density at radius 2 is 1.94 bits per heavy atom. The smallest absolute Gasteiger partial charge is 0.226 e. The van der Waals surface area contributed by atoms with Crippen molar-refractivity contribution in [3.05, 3.63) is 29.8 Å². The highest BCUT2D eigenvalue weighted by Crippen LogP contribution is 2.15. The van der Waals surface area contributed by atoms with Crippen LogP contribution in [0.15, 0.2) is 24.3 Å². The molecule has 0 spiro atoms. The first-order chi connectivity index (χ1) is 8.04. The molecule has 90 valence electrons. The van der Waals surface area contributed by atoms with E-state index in [-0.39, 0.29) is 5.91 Å². The Hall–Kier alpha value is -1.82. The number of carbonyl (C=O) groups excluding carboxylic acids is 1. The molecule has 0 bridgehead atoms. The van der Waals surface area contributed by atoms with Gasteiger partial charge in [0.2, 0.25) is 5.91 Å². The molecule has 17 heavy (non-hydrogen) atoms. The van der Waals surface area contributed by atoms with Gasteiger partial charge in [-0.15, -0.1) is 0 Å². The van der Waals surface area contributed by atoms with Gasteiger partial charge in [-0.1, -0.05) is 13.8 Å². The minimum absolute atomic E-state index is 0.114. The lowest BCUT2D eigenvalue weighted by Crippen LogP contribution is -2.26. The third-order valence-electron chi connectivity index (χ3n) is 2.69. The Morgan fingerprint density at radius 1 is 1.35 bits per heavy atom. The molecule has 1 aromatic carbocycles. The van der Waals surface area contributed by atoms with E-state index in [0.29, 0.717) is 17.9 Å². The van der Waals surface area contributed by atoms with Gasteiger partial charge < -0.3 is 4.90 Å². The number of hydrogen-bond donors (Lipinski definition) is 0. The Morgan fingerprint density at radius 3 is 2.41 bits per heavy atom. The van der Waals surface area contributed by atoms with Crippen molar-refractivity contribution in [1.82, 2.24) is 0 Å². The zero-order valence-corrected chi connectivity index (χ0v) is 10.6. The number of hydrogen-bond acceptors (Lipinski definition) is 2. The normalized spacial score (nSPS) is 10.1. The Balaban J connectivity index is 2.65. The molecular formula is C14H18N2O. The van der Waals surface area contributed by atoms with Crippen LogP contribution in [0.5, 0.6) is 0 Å². The quantitative estimate of drug-likeness (QED) is 0.798. The van der Waals surface area contributed by atoms with Crippen molar-refractivity contribution in [3.63, 3.8) is 0 Å². The van der Waals surface area contributed by atoms with E-state index in [9.17, 15) is 4.79 Å². The summed E-state index contributed by atoms with van der Waals surface area (Å²) in [5, 5.41) is 8.69. The van der Waals surface area contributed by atoms with Gasteiger partial charge in [0.25, 0.3) is 0 Å². The van der Waals surface area contributed by atoms with Gasteiger partial charge in [-0.3, -0.25) is 4.79 Å². The minimum Gasteiger partial charge on any atom is -0.316 e. The molecule has 0 fully saturated rings. The van der Waals surface area contributed by atoms with E-state index in [4.69, 9.17) is 5.26 Å². The summed E-state index contributed by atoms with van der Waals surface area (Å²) in [6.45, 7) is 4.21. The Labute approximate surface area is 103 Å². The van der Waals surface area contributed by atoms with Crippen molar-refractivity contribution in [2.75, 3.05) is 11.9 Å². The van der Waals surface area contributed by atoms with Gasteiger partial charge in [-0.05, 0) is 36.6 Å². The second-order valence-electron chi connectivity index (χ2n) is 4.54. The SMILES string of the molecule is CC(C)CCC(=O)N(C)c1ccc(C#N)cc1. The number of rotatable bonds is 4. The average molecular weight is 230 g/mol. The lowest BCUT2D eigenvalue weighted by molar-refractivity contribution is -0.118. The van der Waals surface area contributed by atoms with Gasteiger partial charge in [-0.25, -0.2) is 0 Å². The molecule has 0 saturated heterocycles. The number of anilines is 1. The number of carbonyl (C=O) groups is 1. The van der Waals surface area contributed by atoms with Crippen LogP contribution in [0, 0.1) is 17.2 Å². The maximum absolute atomic E-state index is 11.9. The minimum atomic E-state index is 0.114. The van der Waals surface area contributed by atoms with Crippen LogP contribution in [0.1, 0.15) is 32.3 Å². The summed E-state index contributed by atoms with van der Waals surface area (Å²) in [4.78, 5) is 13.5. The third kappa shape index (κ3) is 3.92. The maximum atomic E-state index is 11.9. The third-order valence-corrected chi connectivity index (χ3v) is 2.69. The van der Waals surface area contributed by atoms with Crippen molar-refractivity contribution < 1.29 is 4.79 Å². The van der Waals surface area contributed by atoms with Crippen molar-refractivity contribution in [1.29, 1.82) is 5.26 Å². The molecule has 0 aromatic heterocycles. The van der Waals surface area contributed by atoms with Crippen LogP contribution in [0.2, 0.25) is 0 Å². The Bertz CT molecular complexity index is 415. The highest BCUT2D eigenvalue weighted by molar-refractivity contribution is 5.92. The molecule has 3 heteroatoms. The van der Waals surface area contributed by atoms with Crippen LogP contribution in [0.3, 0.4) is 0 Å². The molecule has 0 saturated carbocycles. The van der Waals surface area contributed by atoms with Gasteiger partial charge in [0, 0.05) is 19.2 Å². The molecule has 0 unspecified atom stereocenters. The number of nitriles is 1. The molecule has 1 amide bonds. The predicted molar refractivity (Wildman–Crippen MR) is 68.6 cm³/mol. The first-order valence-corrected chi connectivity index (χ1v) is 5.81. The first kappa shape index (κ1) is 13.2. The van der Waals surface area contributed by atoms with Crippen molar-refractivity contribution in [2.45, 2.75) is 26.7 Å². The second kappa shape index (κ2) is 6.05. The standard InChI is InChI=1S/C14H18N2O/c1-11(2)4-9-14(17)16(3)13-7-5-12(10-15)6-8-13/h5-8,11H,4,9H2,1-3H3. The average Bonchev–Trinajstić information content (AvgIpc) is 2.35. The van der Waals surface area contributed by atoms with E-state index in [2.05, 4.69) is 19.9 Å². The summed E-state index contributed by atoms with van der Waals surface area (Å²) in [5.41, 5.74) is 1.44. The van der Waals surface area contributed by atoms with E-state index >= 15 is 0 Å². The summed E-state index contributed by atoms with van der Waals surface area (Å²) in [5.74, 6) is 0.650. The van der Waals surface area contributed by atoms with E-state index in [1.54, 1.807) is 36.2 Å². The summed E-state index contributed by atoms with van der Waals surface area (Å²) in [6.07, 6.45) is 1.47. The van der Waals surface area contributed by atoms with Gasteiger partial charge in [0.15, 0.2) is 0 Å². The van der Waals surface area contributed by atoms with Crippen LogP contribution in [0.4, 0.5) is 5.69 Å². The topological polar surface area (TPSA) is 44.1 Å². The Kier molecular flexibility index (Phi) is 4.71. The fourth-order valence-electron chi connectivity index (χ4n) is 1.48. The van der Waals surface area contributed by atoms with Crippen LogP contribution >= 0.6 is 0 Å². The molecule has 0 heterocycles. The number of nitrogens with zero attached hydrogens (tertiary/aromatic N) is 2. The predicted octanol–water partition coefficient (Wildman–Crippen LogP) is 2.96. The van der Waals surface area contributed by atoms with Crippen LogP contribution in [-0.4, -0.2) is 13.0 Å². The lowest BCUT2D eigenvalue weighted by atomic mass is 10.1. The zero-order chi connectivity index (χ0) is 12.8. The molecule has 0 N–H and O–H groups in total. The van der Waals surface area contributed by atoms with E-state index in [0.717, 1.165) is 12.1 Å². The van der Waals surface area contributed by atoms with Crippen molar-refractivity contribution in [3.8, 4) is 6.07 Å². The molecule has 0 aliphatic heterocycles. The maximum Gasteiger partial charge on any atom is 0.226 e. The second-order valence-corrected chi connectivity index (χ2v) is 4.54. The molecule has 0 aliphatic rings. The molecule has 0 aliphatic carbocycles.